The van der Waals surface area contributed by atoms with Crippen molar-refractivity contribution in [2.24, 2.45) is 10.9 Å². The Morgan fingerprint density at radius 2 is 2.24 bits per heavy atom. The van der Waals surface area contributed by atoms with Crippen molar-refractivity contribution in [2.45, 2.75) is 6.54 Å². The number of rotatable bonds is 6. The van der Waals surface area contributed by atoms with Gasteiger partial charge in [-0.25, -0.2) is 0 Å². The molecule has 0 saturated carbocycles. The summed E-state index contributed by atoms with van der Waals surface area (Å²) in [6.07, 6.45) is 0. The number of halogens is 1. The van der Waals surface area contributed by atoms with Crippen LogP contribution in [-0.2, 0) is 16.2 Å². The van der Waals surface area contributed by atoms with E-state index in [-0.39, 0.29) is 18.3 Å². The van der Waals surface area contributed by atoms with Crippen LogP contribution in [0.3, 0.4) is 0 Å². The van der Waals surface area contributed by atoms with E-state index in [4.69, 9.17) is 22.2 Å². The van der Waals surface area contributed by atoms with Crippen LogP contribution >= 0.6 is 22.9 Å². The lowest BCUT2D eigenvalue weighted by atomic mass is 10.2. The second kappa shape index (κ2) is 7.66. The molecule has 0 bridgehead atoms. The second-order valence-electron chi connectivity index (χ2n) is 4.13. The molecule has 2 rings (SSSR count). The largest absolute Gasteiger partial charge is 0.384 e. The predicted octanol–water partition coefficient (Wildman–Crippen LogP) is 2.35. The molecule has 0 saturated heterocycles. The predicted molar refractivity (Wildman–Crippen MR) is 84.3 cm³/mol. The van der Waals surface area contributed by atoms with Gasteiger partial charge in [-0.1, -0.05) is 35.0 Å². The first kappa shape index (κ1) is 15.3. The summed E-state index contributed by atoms with van der Waals surface area (Å²) >= 11 is 7.31. The number of hydrogen-bond acceptors (Lipinski definition) is 4. The first-order valence-electron chi connectivity index (χ1n) is 6.15. The van der Waals surface area contributed by atoms with Crippen LogP contribution in [0.25, 0.3) is 0 Å². The lowest BCUT2D eigenvalue weighted by Crippen LogP contribution is -2.26. The molecule has 1 aromatic carbocycles. The van der Waals surface area contributed by atoms with Gasteiger partial charge in [0.1, 0.15) is 0 Å². The van der Waals surface area contributed by atoms with Crippen molar-refractivity contribution in [1.82, 2.24) is 5.32 Å². The molecule has 1 heterocycles. The maximum Gasteiger partial charge on any atom is 0.261 e. The van der Waals surface area contributed by atoms with Gasteiger partial charge in [-0.05, 0) is 29.1 Å². The van der Waals surface area contributed by atoms with E-state index in [2.05, 4.69) is 10.5 Å². The van der Waals surface area contributed by atoms with Crippen molar-refractivity contribution in [3.05, 3.63) is 57.2 Å². The van der Waals surface area contributed by atoms with Gasteiger partial charge < -0.3 is 15.9 Å². The van der Waals surface area contributed by atoms with Gasteiger partial charge in [0.05, 0.1) is 4.88 Å². The topological polar surface area (TPSA) is 76.7 Å². The Morgan fingerprint density at radius 3 is 2.95 bits per heavy atom. The average Bonchev–Trinajstić information content (AvgIpc) is 2.99. The third-order valence-electron chi connectivity index (χ3n) is 2.51. The molecule has 0 aliphatic carbocycles. The molecule has 0 unspecified atom stereocenters. The molecule has 21 heavy (non-hydrogen) atoms. The van der Waals surface area contributed by atoms with Crippen molar-refractivity contribution in [3.8, 4) is 0 Å². The molecule has 110 valence electrons. The summed E-state index contributed by atoms with van der Waals surface area (Å²) in [5.74, 6) is -0.0228. The van der Waals surface area contributed by atoms with Crippen molar-refractivity contribution in [1.29, 1.82) is 0 Å². The molecular weight excluding hydrogens is 310 g/mol. The van der Waals surface area contributed by atoms with E-state index in [1.54, 1.807) is 12.1 Å². The van der Waals surface area contributed by atoms with E-state index in [9.17, 15) is 4.79 Å². The van der Waals surface area contributed by atoms with E-state index in [0.717, 1.165) is 10.4 Å². The Labute approximate surface area is 131 Å². The summed E-state index contributed by atoms with van der Waals surface area (Å²) in [7, 11) is 0. The summed E-state index contributed by atoms with van der Waals surface area (Å²) in [6, 6.07) is 11.0. The van der Waals surface area contributed by atoms with E-state index < -0.39 is 0 Å². The number of amidine groups is 1. The van der Waals surface area contributed by atoms with Crippen LogP contribution in [0.15, 0.2) is 46.9 Å². The molecule has 7 heteroatoms. The van der Waals surface area contributed by atoms with Crippen LogP contribution in [0.1, 0.15) is 10.4 Å². The maximum atomic E-state index is 11.6. The third kappa shape index (κ3) is 5.09. The van der Waals surface area contributed by atoms with Gasteiger partial charge in [-0.15, -0.1) is 11.3 Å². The third-order valence-corrected chi connectivity index (χ3v) is 3.64. The minimum absolute atomic E-state index is 0.188. The van der Waals surface area contributed by atoms with E-state index >= 15 is 0 Å². The quantitative estimate of drug-likeness (QED) is 0.486. The Hall–Kier alpha value is -2.05. The zero-order valence-electron chi connectivity index (χ0n) is 11.1. The van der Waals surface area contributed by atoms with Gasteiger partial charge in [0.15, 0.2) is 12.4 Å². The van der Waals surface area contributed by atoms with Crippen molar-refractivity contribution >= 4 is 34.7 Å². The standard InChI is InChI=1S/C14H14ClN3O2S/c15-11-4-1-3-10(7-11)8-17-13(19)9-20-18-14(16)12-5-2-6-21-12/h1-7H,8-9H2,(H2,16,18)(H,17,19). The van der Waals surface area contributed by atoms with Crippen LogP contribution in [0, 0.1) is 0 Å². The highest BCUT2D eigenvalue weighted by molar-refractivity contribution is 7.12. The van der Waals surface area contributed by atoms with Gasteiger partial charge >= 0.3 is 0 Å². The van der Waals surface area contributed by atoms with Crippen molar-refractivity contribution in [3.63, 3.8) is 0 Å². The molecule has 0 atom stereocenters. The fourth-order valence-electron chi connectivity index (χ4n) is 1.53. The number of carbonyl (C=O) groups is 1. The molecule has 5 nitrogen and oxygen atoms in total. The molecule has 1 amide bonds. The van der Waals surface area contributed by atoms with Crippen LogP contribution in [0.2, 0.25) is 5.02 Å². The van der Waals surface area contributed by atoms with Gasteiger partial charge in [-0.2, -0.15) is 0 Å². The Kier molecular flexibility index (Phi) is 5.59. The Bertz CT molecular complexity index is 629. The lowest BCUT2D eigenvalue weighted by Gasteiger charge is -2.05. The van der Waals surface area contributed by atoms with Crippen LogP contribution < -0.4 is 11.1 Å². The smallest absolute Gasteiger partial charge is 0.261 e. The number of nitrogens with zero attached hydrogens (tertiary/aromatic N) is 1. The van der Waals surface area contributed by atoms with Crippen LogP contribution in [-0.4, -0.2) is 18.3 Å². The van der Waals surface area contributed by atoms with Crippen LogP contribution in [0.5, 0.6) is 0 Å². The fraction of sp³-hybridized carbons (Fsp3) is 0.143. The Morgan fingerprint density at radius 1 is 1.38 bits per heavy atom. The number of carbonyl (C=O) groups excluding carboxylic acids is 1. The lowest BCUT2D eigenvalue weighted by molar-refractivity contribution is -0.125. The zero-order valence-corrected chi connectivity index (χ0v) is 12.7. The maximum absolute atomic E-state index is 11.6. The number of benzene rings is 1. The SMILES string of the molecule is N/C(=N/OCC(=O)NCc1cccc(Cl)c1)c1cccs1. The van der Waals surface area contributed by atoms with Gasteiger partial charge in [0, 0.05) is 11.6 Å². The number of thiophene rings is 1. The summed E-state index contributed by atoms with van der Waals surface area (Å²) in [5.41, 5.74) is 6.61. The van der Waals surface area contributed by atoms with Crippen molar-refractivity contribution < 1.29 is 9.63 Å². The summed E-state index contributed by atoms with van der Waals surface area (Å²) < 4.78 is 0. The highest BCUT2D eigenvalue weighted by Gasteiger charge is 2.03. The van der Waals surface area contributed by atoms with E-state index in [1.165, 1.54) is 11.3 Å². The summed E-state index contributed by atoms with van der Waals surface area (Å²) in [4.78, 5) is 17.3. The molecule has 0 radical (unpaired) electrons. The number of amides is 1. The van der Waals surface area contributed by atoms with Gasteiger partial charge in [-0.3, -0.25) is 4.79 Å². The van der Waals surface area contributed by atoms with Crippen molar-refractivity contribution in [2.75, 3.05) is 6.61 Å². The molecule has 0 spiro atoms. The highest BCUT2D eigenvalue weighted by atomic mass is 35.5. The second-order valence-corrected chi connectivity index (χ2v) is 5.52. The zero-order chi connectivity index (χ0) is 15.1. The summed E-state index contributed by atoms with van der Waals surface area (Å²) in [6.45, 7) is 0.194. The van der Waals surface area contributed by atoms with Gasteiger partial charge in [0.25, 0.3) is 5.91 Å². The highest BCUT2D eigenvalue weighted by Crippen LogP contribution is 2.10. The average molecular weight is 324 g/mol. The number of nitrogens with two attached hydrogens (primary N) is 1. The number of oxime groups is 1. The minimum Gasteiger partial charge on any atom is -0.384 e. The molecule has 0 aliphatic rings. The van der Waals surface area contributed by atoms with Gasteiger partial charge in [0.2, 0.25) is 0 Å². The number of nitrogens with one attached hydrogen (secondary N) is 1. The fourth-order valence-corrected chi connectivity index (χ4v) is 2.36. The molecule has 0 aliphatic heterocycles. The minimum atomic E-state index is -0.280. The first-order chi connectivity index (χ1) is 10.1. The van der Waals surface area contributed by atoms with E-state index in [1.807, 2.05) is 29.6 Å². The molecule has 0 fully saturated rings. The summed E-state index contributed by atoms with van der Waals surface area (Å²) in [5, 5.41) is 8.92. The van der Waals surface area contributed by atoms with E-state index in [0.29, 0.717) is 11.6 Å². The molecule has 3 N–H and O–H groups in total. The molecular formula is C14H14ClN3O2S. The molecule has 1 aromatic heterocycles. The van der Waals surface area contributed by atoms with Crippen LogP contribution in [0.4, 0.5) is 0 Å². The molecule has 2 aromatic rings. The number of hydrogen-bond donors (Lipinski definition) is 2. The Balaban J connectivity index is 1.74. The first-order valence-corrected chi connectivity index (χ1v) is 7.41. The normalized spacial score (nSPS) is 11.2. The monoisotopic (exact) mass is 323 g/mol.